The van der Waals surface area contributed by atoms with Gasteiger partial charge in [0.2, 0.25) is 5.72 Å². The first-order valence-corrected chi connectivity index (χ1v) is 10.4. The summed E-state index contributed by atoms with van der Waals surface area (Å²) in [4.78, 5) is 29.1. The molecule has 0 aromatic carbocycles. The lowest BCUT2D eigenvalue weighted by atomic mass is 10.0. The first-order valence-electron chi connectivity index (χ1n) is 10.4. The van der Waals surface area contributed by atoms with E-state index in [9.17, 15) is 19.8 Å². The molecular weight excluding hydrogens is 348 g/mol. The Bertz CT molecular complexity index is 483. The molecule has 0 saturated carbocycles. The Morgan fingerprint density at radius 1 is 1.07 bits per heavy atom. The van der Waals surface area contributed by atoms with Crippen molar-refractivity contribution in [2.45, 2.75) is 96.3 Å². The Labute approximate surface area is 162 Å². The van der Waals surface area contributed by atoms with E-state index in [1.54, 1.807) is 6.92 Å². The van der Waals surface area contributed by atoms with Crippen LogP contribution in [0.1, 0.15) is 84.5 Å². The second kappa shape index (κ2) is 12.7. The van der Waals surface area contributed by atoms with Gasteiger partial charge in [0.15, 0.2) is 6.10 Å². The van der Waals surface area contributed by atoms with Gasteiger partial charge in [0.05, 0.1) is 12.9 Å². The number of carboxylic acids is 2. The van der Waals surface area contributed by atoms with Gasteiger partial charge < -0.3 is 19.8 Å². The number of ether oxygens (including phenoxy) is 1. The third-order valence-electron chi connectivity index (χ3n) is 5.15. The van der Waals surface area contributed by atoms with Gasteiger partial charge in [0, 0.05) is 13.0 Å². The van der Waals surface area contributed by atoms with Gasteiger partial charge in [-0.2, -0.15) is 0 Å². The summed E-state index contributed by atoms with van der Waals surface area (Å²) in [7, 11) is 0. The predicted molar refractivity (Wildman–Crippen MR) is 105 cm³/mol. The standard InChI is InChI=1S/C20H36N2O5/c1-3-5-6-7-8-9-10-11-12-13-17(18(23)24)27-20(4-2,19(25)26)22-15-14-21-16-22/h16-17H,3-15H2,1-2H3,(H,23,24)(H,25,26). The number of hydrogen-bond donors (Lipinski definition) is 2. The zero-order valence-corrected chi connectivity index (χ0v) is 16.9. The zero-order chi connectivity index (χ0) is 20.1. The van der Waals surface area contributed by atoms with E-state index in [0.29, 0.717) is 19.5 Å². The summed E-state index contributed by atoms with van der Waals surface area (Å²) < 4.78 is 5.70. The van der Waals surface area contributed by atoms with Crippen LogP contribution in [0.25, 0.3) is 0 Å². The van der Waals surface area contributed by atoms with Crippen LogP contribution in [0.5, 0.6) is 0 Å². The normalized spacial score (nSPS) is 17.0. The van der Waals surface area contributed by atoms with Crippen molar-refractivity contribution < 1.29 is 24.5 Å². The Morgan fingerprint density at radius 2 is 1.67 bits per heavy atom. The number of rotatable bonds is 16. The van der Waals surface area contributed by atoms with Gasteiger partial charge in [0.1, 0.15) is 0 Å². The average Bonchev–Trinajstić information content (AvgIpc) is 3.17. The fourth-order valence-electron chi connectivity index (χ4n) is 3.44. The molecule has 0 aliphatic carbocycles. The third-order valence-corrected chi connectivity index (χ3v) is 5.15. The summed E-state index contributed by atoms with van der Waals surface area (Å²) in [6, 6.07) is 0. The largest absolute Gasteiger partial charge is 0.479 e. The molecule has 1 aliphatic heterocycles. The second-order valence-electron chi connectivity index (χ2n) is 7.22. The lowest BCUT2D eigenvalue weighted by molar-refractivity contribution is -0.206. The van der Waals surface area contributed by atoms with Gasteiger partial charge >= 0.3 is 11.9 Å². The molecule has 2 atom stereocenters. The molecular formula is C20H36N2O5. The van der Waals surface area contributed by atoms with Gasteiger partial charge in [-0.25, -0.2) is 9.59 Å². The molecule has 0 bridgehead atoms. The molecule has 0 fully saturated rings. The number of carbonyl (C=O) groups is 2. The molecule has 1 rings (SSSR count). The van der Waals surface area contributed by atoms with E-state index in [1.807, 2.05) is 0 Å². The number of aliphatic carboxylic acids is 2. The van der Waals surface area contributed by atoms with Crippen molar-refractivity contribution in [3.8, 4) is 0 Å². The Hall–Kier alpha value is -1.63. The predicted octanol–water partition coefficient (Wildman–Crippen LogP) is 3.91. The second-order valence-corrected chi connectivity index (χ2v) is 7.22. The maximum atomic E-state index is 11.9. The molecule has 2 N–H and O–H groups in total. The highest BCUT2D eigenvalue weighted by atomic mass is 16.6. The smallest absolute Gasteiger partial charge is 0.357 e. The molecule has 7 heteroatoms. The summed E-state index contributed by atoms with van der Waals surface area (Å²) >= 11 is 0. The van der Waals surface area contributed by atoms with E-state index in [0.717, 1.165) is 19.3 Å². The van der Waals surface area contributed by atoms with Gasteiger partial charge in [-0.3, -0.25) is 4.99 Å². The van der Waals surface area contributed by atoms with Crippen molar-refractivity contribution >= 4 is 18.3 Å². The average molecular weight is 385 g/mol. The summed E-state index contributed by atoms with van der Waals surface area (Å²) in [6.07, 6.45) is 11.0. The molecule has 1 heterocycles. The summed E-state index contributed by atoms with van der Waals surface area (Å²) in [5.41, 5.74) is -1.66. The molecule has 0 spiro atoms. The van der Waals surface area contributed by atoms with E-state index in [-0.39, 0.29) is 6.42 Å². The highest BCUT2D eigenvalue weighted by molar-refractivity contribution is 5.81. The molecule has 1 aliphatic rings. The number of unbranched alkanes of at least 4 members (excludes halogenated alkanes) is 8. The van der Waals surface area contributed by atoms with Crippen LogP contribution in [0.2, 0.25) is 0 Å². The fraction of sp³-hybridized carbons (Fsp3) is 0.850. The van der Waals surface area contributed by atoms with E-state index < -0.39 is 23.8 Å². The maximum absolute atomic E-state index is 11.9. The molecule has 156 valence electrons. The van der Waals surface area contributed by atoms with Crippen LogP contribution < -0.4 is 0 Å². The van der Waals surface area contributed by atoms with Crippen LogP contribution in [0.3, 0.4) is 0 Å². The Kier molecular flexibility index (Phi) is 11.0. The van der Waals surface area contributed by atoms with Crippen LogP contribution in [-0.2, 0) is 14.3 Å². The van der Waals surface area contributed by atoms with Crippen LogP contribution in [0, 0.1) is 0 Å². The minimum absolute atomic E-state index is 0.149. The van der Waals surface area contributed by atoms with Gasteiger partial charge in [0.25, 0.3) is 0 Å². The highest BCUT2D eigenvalue weighted by Gasteiger charge is 2.47. The SMILES string of the molecule is CCCCCCCCCCCC(OC(CC)(C(=O)O)N1C=NCC1)C(=O)O. The summed E-state index contributed by atoms with van der Waals surface area (Å²) in [5.74, 6) is -2.28. The van der Waals surface area contributed by atoms with Crippen molar-refractivity contribution in [3.05, 3.63) is 0 Å². The number of hydrogen-bond acceptors (Lipinski definition) is 5. The molecule has 0 aromatic heterocycles. The minimum atomic E-state index is -1.66. The monoisotopic (exact) mass is 384 g/mol. The molecule has 0 aromatic rings. The zero-order valence-electron chi connectivity index (χ0n) is 16.9. The van der Waals surface area contributed by atoms with Crippen molar-refractivity contribution in [1.29, 1.82) is 0 Å². The van der Waals surface area contributed by atoms with E-state index in [2.05, 4.69) is 11.9 Å². The van der Waals surface area contributed by atoms with Crippen molar-refractivity contribution in [2.24, 2.45) is 4.99 Å². The van der Waals surface area contributed by atoms with Gasteiger partial charge in [-0.05, 0) is 6.42 Å². The maximum Gasteiger partial charge on any atom is 0.357 e. The quantitative estimate of drug-likeness (QED) is 0.391. The third kappa shape index (κ3) is 7.48. The molecule has 0 amide bonds. The Balaban J connectivity index is 2.46. The van der Waals surface area contributed by atoms with Crippen molar-refractivity contribution in [3.63, 3.8) is 0 Å². The molecule has 0 saturated heterocycles. The van der Waals surface area contributed by atoms with E-state index in [4.69, 9.17) is 4.74 Å². The van der Waals surface area contributed by atoms with Gasteiger partial charge in [-0.1, -0.05) is 71.6 Å². The van der Waals surface area contributed by atoms with Crippen LogP contribution in [0.4, 0.5) is 0 Å². The lowest BCUT2D eigenvalue weighted by Crippen LogP contribution is -2.57. The first kappa shape index (κ1) is 23.4. The van der Waals surface area contributed by atoms with Crippen LogP contribution in [0.15, 0.2) is 4.99 Å². The molecule has 27 heavy (non-hydrogen) atoms. The minimum Gasteiger partial charge on any atom is -0.479 e. The van der Waals surface area contributed by atoms with Crippen molar-refractivity contribution in [2.75, 3.05) is 13.1 Å². The van der Waals surface area contributed by atoms with Crippen LogP contribution in [-0.4, -0.2) is 58.3 Å². The molecule has 0 radical (unpaired) electrons. The van der Waals surface area contributed by atoms with Gasteiger partial charge in [-0.15, -0.1) is 0 Å². The Morgan fingerprint density at radius 3 is 2.11 bits per heavy atom. The fourth-order valence-corrected chi connectivity index (χ4v) is 3.44. The topological polar surface area (TPSA) is 99.4 Å². The van der Waals surface area contributed by atoms with E-state index in [1.165, 1.54) is 49.8 Å². The number of aliphatic imine (C=N–C) groups is 1. The first-order chi connectivity index (χ1) is 13.0. The number of nitrogens with zero attached hydrogens (tertiary/aromatic N) is 2. The number of carboxylic acid groups (broad SMARTS) is 2. The highest BCUT2D eigenvalue weighted by Crippen LogP contribution is 2.26. The molecule has 2 unspecified atom stereocenters. The van der Waals surface area contributed by atoms with E-state index >= 15 is 0 Å². The lowest BCUT2D eigenvalue weighted by Gasteiger charge is -2.38. The molecule has 7 nitrogen and oxygen atoms in total. The summed E-state index contributed by atoms with van der Waals surface area (Å²) in [5, 5.41) is 19.2. The van der Waals surface area contributed by atoms with Crippen molar-refractivity contribution in [1.82, 2.24) is 4.90 Å². The van der Waals surface area contributed by atoms with Crippen LogP contribution >= 0.6 is 0 Å². The summed E-state index contributed by atoms with van der Waals surface area (Å²) in [6.45, 7) is 4.81.